The van der Waals surface area contributed by atoms with Crippen molar-refractivity contribution >= 4 is 12.0 Å². The molecular formula is C19H28O6. The van der Waals surface area contributed by atoms with E-state index in [0.717, 1.165) is 12.0 Å². The van der Waals surface area contributed by atoms with Gasteiger partial charge in [-0.1, -0.05) is 18.6 Å². The van der Waals surface area contributed by atoms with Gasteiger partial charge in [0.1, 0.15) is 18.1 Å². The standard InChI is InChI=1S/C19H28O6/c1-4-13(11-14-8-9-15(12-20)25-14)7-10-17(21)16(5-2)18(22)19(23)24-6-3/h5,8-9,11,16-18,20-22H,2,4,6-7,10,12H2,1,3H3/b13-11+/t16-,17-,18+/m1/s1. The first kappa shape index (κ1) is 21.2. The highest BCUT2D eigenvalue weighted by Gasteiger charge is 2.30. The minimum absolute atomic E-state index is 0.152. The molecule has 1 rings (SSSR count). The summed E-state index contributed by atoms with van der Waals surface area (Å²) in [6.07, 6.45) is 2.60. The van der Waals surface area contributed by atoms with E-state index >= 15 is 0 Å². The van der Waals surface area contributed by atoms with E-state index in [9.17, 15) is 15.0 Å². The zero-order valence-electron chi connectivity index (χ0n) is 14.9. The van der Waals surface area contributed by atoms with Crippen molar-refractivity contribution in [3.63, 3.8) is 0 Å². The van der Waals surface area contributed by atoms with Crippen LogP contribution in [0.3, 0.4) is 0 Å². The topological polar surface area (TPSA) is 100 Å². The number of ether oxygens (including phenoxy) is 1. The number of hydrogen-bond donors (Lipinski definition) is 3. The SMILES string of the molecule is C=C[C@H]([C@H](O)CC/C(=C/c1ccc(CO)o1)CC)[C@H](O)C(=O)OCC. The summed E-state index contributed by atoms with van der Waals surface area (Å²) in [5.74, 6) is -0.417. The molecule has 0 spiro atoms. The van der Waals surface area contributed by atoms with Crippen molar-refractivity contribution in [1.29, 1.82) is 0 Å². The number of aliphatic hydroxyl groups excluding tert-OH is 3. The van der Waals surface area contributed by atoms with Crippen molar-refractivity contribution in [1.82, 2.24) is 0 Å². The van der Waals surface area contributed by atoms with E-state index in [-0.39, 0.29) is 13.2 Å². The van der Waals surface area contributed by atoms with Crippen LogP contribution in [0.15, 0.2) is 34.8 Å². The number of aliphatic hydroxyl groups is 3. The lowest BCUT2D eigenvalue weighted by Gasteiger charge is -2.23. The third kappa shape index (κ3) is 6.49. The van der Waals surface area contributed by atoms with Crippen molar-refractivity contribution in [3.05, 3.63) is 41.9 Å². The maximum Gasteiger partial charge on any atom is 0.335 e. The molecule has 0 aliphatic rings. The summed E-state index contributed by atoms with van der Waals surface area (Å²) in [5, 5.41) is 29.4. The molecule has 0 bridgehead atoms. The molecule has 0 aliphatic heterocycles. The second-order valence-corrected chi connectivity index (χ2v) is 5.73. The van der Waals surface area contributed by atoms with Gasteiger partial charge in [0.15, 0.2) is 6.10 Å². The molecule has 0 amide bonds. The molecule has 3 atom stereocenters. The minimum Gasteiger partial charge on any atom is -0.464 e. The van der Waals surface area contributed by atoms with E-state index in [4.69, 9.17) is 14.3 Å². The van der Waals surface area contributed by atoms with Gasteiger partial charge < -0.3 is 24.5 Å². The second kappa shape index (κ2) is 10.9. The lowest BCUT2D eigenvalue weighted by Crippen LogP contribution is -2.37. The van der Waals surface area contributed by atoms with Crippen LogP contribution < -0.4 is 0 Å². The number of esters is 1. The number of carbonyl (C=O) groups is 1. The molecule has 140 valence electrons. The van der Waals surface area contributed by atoms with E-state index in [1.165, 1.54) is 6.08 Å². The molecule has 25 heavy (non-hydrogen) atoms. The normalized spacial score (nSPS) is 15.5. The molecule has 1 heterocycles. The Morgan fingerprint density at radius 1 is 1.36 bits per heavy atom. The largest absolute Gasteiger partial charge is 0.464 e. The second-order valence-electron chi connectivity index (χ2n) is 5.73. The summed E-state index contributed by atoms with van der Waals surface area (Å²) in [7, 11) is 0. The maximum absolute atomic E-state index is 11.6. The first-order chi connectivity index (χ1) is 12.0. The molecule has 0 radical (unpaired) electrons. The quantitative estimate of drug-likeness (QED) is 0.418. The van der Waals surface area contributed by atoms with Crippen molar-refractivity contribution in [2.45, 2.75) is 51.9 Å². The Morgan fingerprint density at radius 3 is 2.60 bits per heavy atom. The van der Waals surface area contributed by atoms with Crippen LogP contribution in [-0.4, -0.2) is 40.1 Å². The van der Waals surface area contributed by atoms with E-state index in [1.807, 2.05) is 13.0 Å². The van der Waals surface area contributed by atoms with Crippen LogP contribution in [0.2, 0.25) is 0 Å². The molecule has 1 aromatic rings. The van der Waals surface area contributed by atoms with Crippen molar-refractivity contribution in [2.24, 2.45) is 5.92 Å². The third-order valence-electron chi connectivity index (χ3n) is 4.01. The predicted molar refractivity (Wildman–Crippen MR) is 94.5 cm³/mol. The van der Waals surface area contributed by atoms with Gasteiger partial charge in [-0.15, -0.1) is 6.58 Å². The minimum atomic E-state index is -1.43. The first-order valence-electron chi connectivity index (χ1n) is 8.51. The lowest BCUT2D eigenvalue weighted by atomic mass is 9.91. The average molecular weight is 352 g/mol. The van der Waals surface area contributed by atoms with Gasteiger partial charge in [-0.05, 0) is 44.4 Å². The third-order valence-corrected chi connectivity index (χ3v) is 4.01. The zero-order chi connectivity index (χ0) is 18.8. The highest BCUT2D eigenvalue weighted by Crippen LogP contribution is 2.22. The number of rotatable bonds is 11. The number of hydrogen-bond acceptors (Lipinski definition) is 6. The first-order valence-corrected chi connectivity index (χ1v) is 8.51. The molecule has 0 aliphatic carbocycles. The molecule has 0 unspecified atom stereocenters. The molecule has 0 fully saturated rings. The van der Waals surface area contributed by atoms with E-state index in [2.05, 4.69) is 6.58 Å². The number of allylic oxidation sites excluding steroid dienone is 1. The molecule has 0 saturated carbocycles. The molecule has 3 N–H and O–H groups in total. The highest BCUT2D eigenvalue weighted by molar-refractivity contribution is 5.75. The molecule has 0 aromatic carbocycles. The summed E-state index contributed by atoms with van der Waals surface area (Å²) in [6.45, 7) is 7.25. The van der Waals surface area contributed by atoms with Crippen LogP contribution in [0.1, 0.15) is 44.6 Å². The van der Waals surface area contributed by atoms with Crippen molar-refractivity contribution < 1.29 is 29.3 Å². The Hall–Kier alpha value is -1.89. The molecular weight excluding hydrogens is 324 g/mol. The van der Waals surface area contributed by atoms with Crippen molar-refractivity contribution in [2.75, 3.05) is 6.61 Å². The highest BCUT2D eigenvalue weighted by atomic mass is 16.5. The molecule has 0 saturated heterocycles. The van der Waals surface area contributed by atoms with Crippen LogP contribution >= 0.6 is 0 Å². The Morgan fingerprint density at radius 2 is 2.08 bits per heavy atom. The fourth-order valence-electron chi connectivity index (χ4n) is 2.52. The molecule has 6 nitrogen and oxygen atoms in total. The molecule has 1 aromatic heterocycles. The van der Waals surface area contributed by atoms with Crippen LogP contribution in [-0.2, 0) is 16.1 Å². The van der Waals surface area contributed by atoms with Gasteiger partial charge >= 0.3 is 5.97 Å². The summed E-state index contributed by atoms with van der Waals surface area (Å²) < 4.78 is 10.2. The Balaban J connectivity index is 2.68. The summed E-state index contributed by atoms with van der Waals surface area (Å²) in [6, 6.07) is 3.48. The summed E-state index contributed by atoms with van der Waals surface area (Å²) in [5.41, 5.74) is 1.05. The van der Waals surface area contributed by atoms with Crippen LogP contribution in [0.4, 0.5) is 0 Å². The molecule has 6 heteroatoms. The van der Waals surface area contributed by atoms with Gasteiger partial charge in [0, 0.05) is 5.92 Å². The average Bonchev–Trinajstić information content (AvgIpc) is 3.06. The zero-order valence-corrected chi connectivity index (χ0v) is 14.9. The Bertz CT molecular complexity index is 574. The van der Waals surface area contributed by atoms with Gasteiger partial charge in [0.05, 0.1) is 12.7 Å². The predicted octanol–water partition coefficient (Wildman–Crippen LogP) is 2.43. The number of carbonyl (C=O) groups excluding carboxylic acids is 1. The maximum atomic E-state index is 11.6. The van der Waals surface area contributed by atoms with Gasteiger partial charge in [-0.25, -0.2) is 4.79 Å². The fraction of sp³-hybridized carbons (Fsp3) is 0.526. The van der Waals surface area contributed by atoms with Crippen molar-refractivity contribution in [3.8, 4) is 0 Å². The smallest absolute Gasteiger partial charge is 0.335 e. The van der Waals surface area contributed by atoms with Gasteiger partial charge in [0.2, 0.25) is 0 Å². The van der Waals surface area contributed by atoms with E-state index < -0.39 is 24.1 Å². The van der Waals surface area contributed by atoms with E-state index in [1.54, 1.807) is 19.1 Å². The lowest BCUT2D eigenvalue weighted by molar-refractivity contribution is -0.157. The Kier molecular flexibility index (Phi) is 9.20. The van der Waals surface area contributed by atoms with E-state index in [0.29, 0.717) is 24.4 Å². The fourth-order valence-corrected chi connectivity index (χ4v) is 2.52. The monoisotopic (exact) mass is 352 g/mol. The Labute approximate surface area is 148 Å². The van der Waals surface area contributed by atoms with Crippen LogP contribution in [0, 0.1) is 5.92 Å². The van der Waals surface area contributed by atoms with Gasteiger partial charge in [-0.3, -0.25) is 0 Å². The summed E-state index contributed by atoms with van der Waals surface area (Å²) in [4.78, 5) is 11.6. The van der Waals surface area contributed by atoms with Crippen LogP contribution in [0.5, 0.6) is 0 Å². The summed E-state index contributed by atoms with van der Waals surface area (Å²) >= 11 is 0. The van der Waals surface area contributed by atoms with Gasteiger partial charge in [0.25, 0.3) is 0 Å². The van der Waals surface area contributed by atoms with Crippen LogP contribution in [0.25, 0.3) is 6.08 Å². The number of furan rings is 1. The van der Waals surface area contributed by atoms with Gasteiger partial charge in [-0.2, -0.15) is 0 Å².